The number of carbonyl (C=O) groups excluding carboxylic acids is 1. The van der Waals surface area contributed by atoms with E-state index in [4.69, 9.17) is 9.47 Å². The van der Waals surface area contributed by atoms with Crippen molar-refractivity contribution in [2.24, 2.45) is 0 Å². The molecule has 10 heteroatoms. The molecule has 1 aromatic heterocycles. The van der Waals surface area contributed by atoms with Crippen LogP contribution in [0.3, 0.4) is 0 Å². The van der Waals surface area contributed by atoms with Crippen LogP contribution in [0.15, 0.2) is 41.3 Å². The molecule has 0 saturated heterocycles. The van der Waals surface area contributed by atoms with Crippen LogP contribution >= 0.6 is 11.3 Å². The van der Waals surface area contributed by atoms with E-state index in [9.17, 15) is 13.2 Å². The minimum atomic E-state index is -3.78. The Morgan fingerprint density at radius 3 is 2.68 bits per heavy atom. The summed E-state index contributed by atoms with van der Waals surface area (Å²) in [6.45, 7) is 2.46. The third-order valence-electron chi connectivity index (χ3n) is 3.88. The average Bonchev–Trinajstić information content (AvgIpc) is 3.09. The van der Waals surface area contributed by atoms with Crippen LogP contribution in [0.5, 0.6) is 11.5 Å². The molecular weight excluding hydrogens is 402 g/mol. The van der Waals surface area contributed by atoms with Gasteiger partial charge in [-0.1, -0.05) is 11.3 Å². The molecule has 0 aliphatic carbocycles. The zero-order valence-electron chi connectivity index (χ0n) is 15.5. The smallest absolute Gasteiger partial charge is 0.257 e. The monoisotopic (exact) mass is 421 g/mol. The molecule has 0 atom stereocenters. The maximum absolute atomic E-state index is 12.6. The number of anilines is 1. The topological polar surface area (TPSA) is 107 Å². The van der Waals surface area contributed by atoms with Gasteiger partial charge in [0.25, 0.3) is 5.91 Å². The Hall–Kier alpha value is -2.69. The second kappa shape index (κ2) is 8.13. The van der Waals surface area contributed by atoms with Crippen molar-refractivity contribution < 1.29 is 22.7 Å². The Morgan fingerprint density at radius 2 is 2.00 bits per heavy atom. The van der Waals surface area contributed by atoms with Crippen molar-refractivity contribution >= 4 is 42.6 Å². The molecule has 8 nitrogen and oxygen atoms in total. The third kappa shape index (κ3) is 4.08. The number of nitrogens with one attached hydrogen (secondary N) is 2. The van der Waals surface area contributed by atoms with Crippen molar-refractivity contribution in [3.63, 3.8) is 0 Å². The highest BCUT2D eigenvalue weighted by atomic mass is 32.2. The van der Waals surface area contributed by atoms with E-state index in [2.05, 4.69) is 15.0 Å². The Balaban J connectivity index is 1.88. The minimum absolute atomic E-state index is 0.115. The van der Waals surface area contributed by atoms with Crippen LogP contribution in [0.2, 0.25) is 0 Å². The summed E-state index contributed by atoms with van der Waals surface area (Å²) in [5.41, 5.74) is 0.904. The van der Waals surface area contributed by atoms with Crippen LogP contribution in [0.4, 0.5) is 5.13 Å². The van der Waals surface area contributed by atoms with Crippen LogP contribution in [0, 0.1) is 0 Å². The number of amides is 1. The lowest BCUT2D eigenvalue weighted by molar-refractivity contribution is 0.102. The Labute approximate surface area is 166 Å². The second-order valence-electron chi connectivity index (χ2n) is 5.61. The number of aromatic nitrogens is 1. The maximum atomic E-state index is 12.6. The number of carbonyl (C=O) groups is 1. The minimum Gasteiger partial charge on any atom is -0.495 e. The van der Waals surface area contributed by atoms with Gasteiger partial charge < -0.3 is 9.47 Å². The number of nitrogens with zero attached hydrogens (tertiary/aromatic N) is 1. The number of sulfonamides is 1. The van der Waals surface area contributed by atoms with E-state index in [-0.39, 0.29) is 16.2 Å². The predicted molar refractivity (Wildman–Crippen MR) is 108 cm³/mol. The summed E-state index contributed by atoms with van der Waals surface area (Å²) in [5, 5.41) is 3.11. The van der Waals surface area contributed by atoms with Crippen molar-refractivity contribution in [1.29, 1.82) is 0 Å². The molecule has 2 aromatic carbocycles. The first-order valence-corrected chi connectivity index (χ1v) is 10.6. The number of hydrogen-bond acceptors (Lipinski definition) is 7. The van der Waals surface area contributed by atoms with Gasteiger partial charge in [0.2, 0.25) is 10.0 Å². The molecule has 2 N–H and O–H groups in total. The van der Waals surface area contributed by atoms with Crippen molar-refractivity contribution in [2.45, 2.75) is 11.8 Å². The molecule has 0 aliphatic rings. The molecule has 0 radical (unpaired) electrons. The highest BCUT2D eigenvalue weighted by Gasteiger charge is 2.20. The van der Waals surface area contributed by atoms with Gasteiger partial charge in [0.1, 0.15) is 16.4 Å². The summed E-state index contributed by atoms with van der Waals surface area (Å²) in [5.74, 6) is 0.405. The Morgan fingerprint density at radius 1 is 1.21 bits per heavy atom. The molecule has 0 saturated carbocycles. The van der Waals surface area contributed by atoms with E-state index in [0.29, 0.717) is 11.7 Å². The SMILES string of the molecule is CCOc1ccc2nc(NC(=O)c3ccc(OC)c(S(=O)(=O)NC)c3)sc2c1. The summed E-state index contributed by atoms with van der Waals surface area (Å²) in [7, 11) is -1.13. The largest absolute Gasteiger partial charge is 0.495 e. The molecule has 1 heterocycles. The summed E-state index contributed by atoms with van der Waals surface area (Å²) < 4.78 is 38.0. The molecule has 0 aliphatic heterocycles. The zero-order chi connectivity index (χ0) is 20.3. The van der Waals surface area contributed by atoms with E-state index in [1.54, 1.807) is 0 Å². The van der Waals surface area contributed by atoms with Crippen molar-refractivity contribution in [2.75, 3.05) is 26.1 Å². The first-order chi connectivity index (χ1) is 13.4. The van der Waals surface area contributed by atoms with Crippen LogP contribution < -0.4 is 19.5 Å². The van der Waals surface area contributed by atoms with Gasteiger partial charge in [0.05, 0.1) is 23.9 Å². The lowest BCUT2D eigenvalue weighted by Gasteiger charge is -2.10. The zero-order valence-corrected chi connectivity index (χ0v) is 17.1. The van der Waals surface area contributed by atoms with Crippen LogP contribution in [0.1, 0.15) is 17.3 Å². The predicted octanol–water partition coefficient (Wildman–Crippen LogP) is 2.86. The van der Waals surface area contributed by atoms with E-state index < -0.39 is 15.9 Å². The first-order valence-electron chi connectivity index (χ1n) is 8.34. The normalized spacial score (nSPS) is 11.4. The van der Waals surface area contributed by atoms with Gasteiger partial charge in [-0.05, 0) is 50.4 Å². The van der Waals surface area contributed by atoms with Crippen molar-refractivity contribution in [3.05, 3.63) is 42.0 Å². The molecule has 1 amide bonds. The molecular formula is C18H19N3O5S2. The lowest BCUT2D eigenvalue weighted by atomic mass is 10.2. The Bertz CT molecular complexity index is 1130. The van der Waals surface area contributed by atoms with Gasteiger partial charge in [-0.25, -0.2) is 18.1 Å². The molecule has 3 aromatic rings. The third-order valence-corrected chi connectivity index (χ3v) is 6.24. The highest BCUT2D eigenvalue weighted by Crippen LogP contribution is 2.30. The summed E-state index contributed by atoms with van der Waals surface area (Å²) >= 11 is 1.30. The molecule has 3 rings (SSSR count). The number of methoxy groups -OCH3 is 1. The van der Waals surface area contributed by atoms with Gasteiger partial charge in [-0.15, -0.1) is 0 Å². The summed E-state index contributed by atoms with van der Waals surface area (Å²) in [6.07, 6.45) is 0. The van der Waals surface area contributed by atoms with E-state index in [1.807, 2.05) is 25.1 Å². The van der Waals surface area contributed by atoms with E-state index in [0.717, 1.165) is 16.0 Å². The fourth-order valence-electron chi connectivity index (χ4n) is 2.52. The number of fused-ring (bicyclic) bond motifs is 1. The average molecular weight is 422 g/mol. The van der Waals surface area contributed by atoms with Gasteiger partial charge in [-0.3, -0.25) is 10.1 Å². The molecule has 0 fully saturated rings. The van der Waals surface area contributed by atoms with Gasteiger partial charge in [-0.2, -0.15) is 0 Å². The number of rotatable bonds is 7. The summed E-state index contributed by atoms with van der Waals surface area (Å²) in [4.78, 5) is 16.9. The maximum Gasteiger partial charge on any atom is 0.257 e. The highest BCUT2D eigenvalue weighted by molar-refractivity contribution is 7.89. The quantitative estimate of drug-likeness (QED) is 0.608. The van der Waals surface area contributed by atoms with Crippen LogP contribution in [-0.4, -0.2) is 40.1 Å². The van der Waals surface area contributed by atoms with E-state index in [1.165, 1.54) is 43.7 Å². The van der Waals surface area contributed by atoms with Crippen LogP contribution in [-0.2, 0) is 10.0 Å². The van der Waals surface area contributed by atoms with Gasteiger partial charge in [0, 0.05) is 5.56 Å². The fourth-order valence-corrected chi connectivity index (χ4v) is 4.33. The lowest BCUT2D eigenvalue weighted by Crippen LogP contribution is -2.20. The van der Waals surface area contributed by atoms with Gasteiger partial charge in [0.15, 0.2) is 5.13 Å². The molecule has 28 heavy (non-hydrogen) atoms. The van der Waals surface area contributed by atoms with Crippen molar-refractivity contribution in [3.8, 4) is 11.5 Å². The number of ether oxygens (including phenoxy) is 2. The molecule has 0 spiro atoms. The number of hydrogen-bond donors (Lipinski definition) is 2. The van der Waals surface area contributed by atoms with E-state index >= 15 is 0 Å². The number of benzene rings is 2. The standard InChI is InChI=1S/C18H19N3O5S2/c1-4-26-12-6-7-13-15(10-12)27-18(20-13)21-17(22)11-5-8-14(25-3)16(9-11)28(23,24)19-2/h5-10,19H,4H2,1-3H3,(H,20,21,22). The number of thiazole rings is 1. The fraction of sp³-hybridized carbons (Fsp3) is 0.222. The molecule has 148 valence electrons. The molecule has 0 unspecified atom stereocenters. The van der Waals surface area contributed by atoms with Crippen molar-refractivity contribution in [1.82, 2.24) is 9.71 Å². The van der Waals surface area contributed by atoms with Gasteiger partial charge >= 0.3 is 0 Å². The van der Waals surface area contributed by atoms with Crippen LogP contribution in [0.25, 0.3) is 10.2 Å². The Kier molecular flexibility index (Phi) is 5.82. The summed E-state index contributed by atoms with van der Waals surface area (Å²) in [6, 6.07) is 9.68. The first kappa shape index (κ1) is 20.1. The second-order valence-corrected chi connectivity index (χ2v) is 8.49. The molecule has 0 bridgehead atoms.